The van der Waals surface area contributed by atoms with Gasteiger partial charge < -0.3 is 10.1 Å². The summed E-state index contributed by atoms with van der Waals surface area (Å²) in [5.41, 5.74) is -0.192. The van der Waals surface area contributed by atoms with Crippen LogP contribution < -0.4 is 5.32 Å². The van der Waals surface area contributed by atoms with Crippen molar-refractivity contribution in [1.29, 1.82) is 5.26 Å². The first-order valence-corrected chi connectivity index (χ1v) is 7.45. The second kappa shape index (κ2) is 7.94. The Morgan fingerprint density at radius 2 is 1.86 bits per heavy atom. The van der Waals surface area contributed by atoms with Crippen LogP contribution in [0.3, 0.4) is 0 Å². The largest absolute Gasteiger partial charge is 0.380 e. The molecule has 0 aromatic heterocycles. The molecule has 0 spiro atoms. The van der Waals surface area contributed by atoms with Gasteiger partial charge in [0.05, 0.1) is 17.7 Å². The minimum absolute atomic E-state index is 0.0174. The normalized spacial score (nSPS) is 15.7. The molecule has 0 heterocycles. The summed E-state index contributed by atoms with van der Waals surface area (Å²) in [5.74, 6) is -1.47. The minimum Gasteiger partial charge on any atom is -0.380 e. The van der Waals surface area contributed by atoms with Gasteiger partial charge in [0.25, 0.3) is 0 Å². The van der Waals surface area contributed by atoms with Crippen LogP contribution in [-0.2, 0) is 4.74 Å². The zero-order valence-electron chi connectivity index (χ0n) is 12.0. The molecule has 0 bridgehead atoms. The quantitative estimate of drug-likeness (QED) is 0.807. The number of nitrogens with one attached hydrogen (secondary N) is 1. The van der Waals surface area contributed by atoms with E-state index in [0.29, 0.717) is 25.7 Å². The first-order valence-electron chi connectivity index (χ1n) is 7.45. The molecule has 1 aliphatic carbocycles. The Morgan fingerprint density at radius 3 is 2.48 bits per heavy atom. The second-order valence-electron chi connectivity index (χ2n) is 5.34. The third-order valence-electron chi connectivity index (χ3n) is 3.70. The Labute approximate surface area is 123 Å². The average Bonchev–Trinajstić information content (AvgIpc) is 2.50. The van der Waals surface area contributed by atoms with Gasteiger partial charge in [0.2, 0.25) is 0 Å². The summed E-state index contributed by atoms with van der Waals surface area (Å²) >= 11 is 0. The third-order valence-corrected chi connectivity index (χ3v) is 3.70. The molecule has 1 aliphatic rings. The van der Waals surface area contributed by atoms with Crippen molar-refractivity contribution in [3.63, 3.8) is 0 Å². The van der Waals surface area contributed by atoms with Crippen molar-refractivity contribution in [1.82, 2.24) is 0 Å². The van der Waals surface area contributed by atoms with Crippen LogP contribution in [0.4, 0.5) is 14.5 Å². The van der Waals surface area contributed by atoms with Gasteiger partial charge in [0, 0.05) is 13.2 Å². The number of hydrogen-bond acceptors (Lipinski definition) is 3. The van der Waals surface area contributed by atoms with E-state index in [4.69, 9.17) is 10.00 Å². The standard InChI is InChI=1S/C16H20F2N2O/c17-14-9-12(11-19)10-15(18)16(14)20-7-4-8-21-13-5-2-1-3-6-13/h9-10,13,20H,1-8H2. The van der Waals surface area contributed by atoms with E-state index in [-0.39, 0.29) is 11.3 Å². The second-order valence-corrected chi connectivity index (χ2v) is 5.34. The van der Waals surface area contributed by atoms with Crippen molar-refractivity contribution in [3.8, 4) is 6.07 Å². The van der Waals surface area contributed by atoms with Crippen LogP contribution in [0, 0.1) is 23.0 Å². The molecular weight excluding hydrogens is 274 g/mol. The average molecular weight is 294 g/mol. The maximum absolute atomic E-state index is 13.6. The van der Waals surface area contributed by atoms with Crippen LogP contribution in [0.25, 0.3) is 0 Å². The number of benzene rings is 1. The Morgan fingerprint density at radius 1 is 1.19 bits per heavy atom. The molecule has 5 heteroatoms. The lowest BCUT2D eigenvalue weighted by Gasteiger charge is -2.22. The molecule has 0 unspecified atom stereocenters. The summed E-state index contributed by atoms with van der Waals surface area (Å²) in [6.45, 7) is 1.03. The van der Waals surface area contributed by atoms with E-state index in [9.17, 15) is 8.78 Å². The predicted molar refractivity (Wildman–Crippen MR) is 77.0 cm³/mol. The van der Waals surface area contributed by atoms with E-state index in [1.54, 1.807) is 6.07 Å². The number of rotatable bonds is 6. The fourth-order valence-electron chi connectivity index (χ4n) is 2.57. The molecule has 1 aromatic carbocycles. The zero-order valence-corrected chi connectivity index (χ0v) is 12.0. The number of ether oxygens (including phenoxy) is 1. The van der Waals surface area contributed by atoms with Crippen LogP contribution in [0.15, 0.2) is 12.1 Å². The van der Waals surface area contributed by atoms with Crippen LogP contribution in [-0.4, -0.2) is 19.3 Å². The zero-order chi connectivity index (χ0) is 15.1. The van der Waals surface area contributed by atoms with E-state index in [1.165, 1.54) is 19.3 Å². The van der Waals surface area contributed by atoms with Gasteiger partial charge in [-0.15, -0.1) is 0 Å². The molecule has 2 rings (SSSR count). The molecule has 1 saturated carbocycles. The SMILES string of the molecule is N#Cc1cc(F)c(NCCCOC2CCCCC2)c(F)c1. The molecule has 21 heavy (non-hydrogen) atoms. The van der Waals surface area contributed by atoms with Crippen LogP contribution in [0.5, 0.6) is 0 Å². The summed E-state index contributed by atoms with van der Waals surface area (Å²) in [4.78, 5) is 0. The summed E-state index contributed by atoms with van der Waals surface area (Å²) < 4.78 is 33.0. The monoisotopic (exact) mass is 294 g/mol. The first-order chi connectivity index (χ1) is 10.2. The van der Waals surface area contributed by atoms with Gasteiger partial charge in [0.1, 0.15) is 5.69 Å². The van der Waals surface area contributed by atoms with Crippen molar-refractivity contribution in [3.05, 3.63) is 29.3 Å². The molecule has 0 aliphatic heterocycles. The Hall–Kier alpha value is -1.67. The van der Waals surface area contributed by atoms with E-state index in [1.807, 2.05) is 0 Å². The van der Waals surface area contributed by atoms with Crippen molar-refractivity contribution in [2.24, 2.45) is 0 Å². The lowest BCUT2D eigenvalue weighted by Crippen LogP contribution is -2.18. The Balaban J connectivity index is 1.72. The van der Waals surface area contributed by atoms with Crippen molar-refractivity contribution < 1.29 is 13.5 Å². The molecule has 0 radical (unpaired) electrons. The maximum atomic E-state index is 13.6. The number of anilines is 1. The highest BCUT2D eigenvalue weighted by atomic mass is 19.1. The maximum Gasteiger partial charge on any atom is 0.150 e. The molecule has 0 saturated heterocycles. The number of halogens is 2. The highest BCUT2D eigenvalue weighted by molar-refractivity contribution is 5.50. The lowest BCUT2D eigenvalue weighted by atomic mass is 9.98. The Bertz CT molecular complexity index is 484. The number of nitrogens with zero attached hydrogens (tertiary/aromatic N) is 1. The Kier molecular flexibility index (Phi) is 5.94. The van der Waals surface area contributed by atoms with Crippen LogP contribution in [0.1, 0.15) is 44.1 Å². The molecular formula is C16H20F2N2O. The summed E-state index contributed by atoms with van der Waals surface area (Å²) in [5, 5.41) is 11.4. The van der Waals surface area contributed by atoms with E-state index in [2.05, 4.69) is 5.32 Å². The van der Waals surface area contributed by atoms with Crippen molar-refractivity contribution >= 4 is 5.69 Å². The van der Waals surface area contributed by atoms with Gasteiger partial charge in [-0.1, -0.05) is 19.3 Å². The van der Waals surface area contributed by atoms with Crippen LogP contribution in [0.2, 0.25) is 0 Å². The van der Waals surface area contributed by atoms with Gasteiger partial charge in [0.15, 0.2) is 11.6 Å². The number of nitriles is 1. The molecule has 1 aromatic rings. The molecule has 0 atom stereocenters. The fourth-order valence-corrected chi connectivity index (χ4v) is 2.57. The van der Waals surface area contributed by atoms with Crippen molar-refractivity contribution in [2.45, 2.75) is 44.6 Å². The summed E-state index contributed by atoms with van der Waals surface area (Å²) in [6, 6.07) is 3.78. The van der Waals surface area contributed by atoms with E-state index in [0.717, 1.165) is 25.0 Å². The molecule has 1 N–H and O–H groups in total. The molecule has 3 nitrogen and oxygen atoms in total. The van der Waals surface area contributed by atoms with Gasteiger partial charge in [-0.3, -0.25) is 0 Å². The first kappa shape index (κ1) is 15.7. The summed E-state index contributed by atoms with van der Waals surface area (Å²) in [7, 11) is 0. The number of hydrogen-bond donors (Lipinski definition) is 1. The topological polar surface area (TPSA) is 45.0 Å². The highest BCUT2D eigenvalue weighted by Crippen LogP contribution is 2.21. The van der Waals surface area contributed by atoms with Crippen LogP contribution >= 0.6 is 0 Å². The summed E-state index contributed by atoms with van der Waals surface area (Å²) in [6.07, 6.45) is 7.02. The van der Waals surface area contributed by atoms with Gasteiger partial charge >= 0.3 is 0 Å². The minimum atomic E-state index is -0.736. The van der Waals surface area contributed by atoms with Gasteiger partial charge in [-0.25, -0.2) is 8.78 Å². The highest BCUT2D eigenvalue weighted by Gasteiger charge is 2.13. The van der Waals surface area contributed by atoms with Gasteiger partial charge in [-0.05, 0) is 31.4 Å². The van der Waals surface area contributed by atoms with Gasteiger partial charge in [-0.2, -0.15) is 5.26 Å². The third kappa shape index (κ3) is 4.68. The van der Waals surface area contributed by atoms with Crippen molar-refractivity contribution in [2.75, 3.05) is 18.5 Å². The predicted octanol–water partition coefficient (Wildman–Crippen LogP) is 3.99. The fraction of sp³-hybridized carbons (Fsp3) is 0.562. The molecule has 1 fully saturated rings. The lowest BCUT2D eigenvalue weighted by molar-refractivity contribution is 0.0284. The molecule has 0 amide bonds. The smallest absolute Gasteiger partial charge is 0.150 e. The van der Waals surface area contributed by atoms with E-state index >= 15 is 0 Å². The van der Waals surface area contributed by atoms with E-state index < -0.39 is 11.6 Å². The molecule has 114 valence electrons.